The van der Waals surface area contributed by atoms with Crippen LogP contribution in [-0.4, -0.2) is 11.2 Å². The Kier molecular flexibility index (Phi) is 5.31. The molecule has 0 aliphatic heterocycles. The van der Waals surface area contributed by atoms with Crippen LogP contribution in [0.4, 0.5) is 10.1 Å². The SMILES string of the molecule is O=C(Nc1ccc(CCBr)cc1)c1ccc(Br)cc1F. The fourth-order valence-corrected chi connectivity index (χ4v) is 2.53. The van der Waals surface area contributed by atoms with E-state index >= 15 is 0 Å². The lowest BCUT2D eigenvalue weighted by Crippen LogP contribution is -2.13. The minimum absolute atomic E-state index is 0.0257. The molecule has 0 saturated heterocycles. The van der Waals surface area contributed by atoms with Gasteiger partial charge >= 0.3 is 0 Å². The first-order chi connectivity index (χ1) is 9.60. The van der Waals surface area contributed by atoms with E-state index in [1.165, 1.54) is 17.7 Å². The monoisotopic (exact) mass is 399 g/mol. The molecule has 0 aliphatic rings. The van der Waals surface area contributed by atoms with E-state index < -0.39 is 11.7 Å². The molecule has 0 aliphatic carbocycles. The lowest BCUT2D eigenvalue weighted by molar-refractivity contribution is 0.102. The van der Waals surface area contributed by atoms with E-state index in [0.717, 1.165) is 11.8 Å². The molecule has 0 heterocycles. The summed E-state index contributed by atoms with van der Waals surface area (Å²) in [6.45, 7) is 0. The van der Waals surface area contributed by atoms with E-state index in [9.17, 15) is 9.18 Å². The summed E-state index contributed by atoms with van der Waals surface area (Å²) in [5, 5.41) is 3.57. The minimum Gasteiger partial charge on any atom is -0.322 e. The average molecular weight is 401 g/mol. The molecule has 2 aromatic rings. The summed E-state index contributed by atoms with van der Waals surface area (Å²) < 4.78 is 14.3. The Morgan fingerprint density at radius 1 is 1.15 bits per heavy atom. The van der Waals surface area contributed by atoms with Crippen molar-refractivity contribution in [3.8, 4) is 0 Å². The van der Waals surface area contributed by atoms with Crippen LogP contribution in [0.15, 0.2) is 46.9 Å². The van der Waals surface area contributed by atoms with Gasteiger partial charge in [0.1, 0.15) is 5.82 Å². The van der Waals surface area contributed by atoms with Gasteiger partial charge in [-0.15, -0.1) is 0 Å². The molecule has 0 saturated carbocycles. The number of amides is 1. The molecule has 5 heteroatoms. The van der Waals surface area contributed by atoms with Gasteiger partial charge in [0, 0.05) is 15.5 Å². The van der Waals surface area contributed by atoms with Crippen molar-refractivity contribution >= 4 is 43.5 Å². The molecule has 0 radical (unpaired) electrons. The molecule has 104 valence electrons. The highest BCUT2D eigenvalue weighted by Gasteiger charge is 2.12. The first-order valence-corrected chi connectivity index (χ1v) is 7.93. The molecule has 0 bridgehead atoms. The maximum absolute atomic E-state index is 13.7. The average Bonchev–Trinajstić information content (AvgIpc) is 2.41. The highest BCUT2D eigenvalue weighted by atomic mass is 79.9. The Morgan fingerprint density at radius 3 is 2.45 bits per heavy atom. The zero-order valence-electron chi connectivity index (χ0n) is 10.5. The molecular weight excluding hydrogens is 389 g/mol. The van der Waals surface area contributed by atoms with Crippen LogP contribution in [0.5, 0.6) is 0 Å². The van der Waals surface area contributed by atoms with Crippen molar-refractivity contribution in [3.05, 3.63) is 63.9 Å². The van der Waals surface area contributed by atoms with Gasteiger partial charge in [-0.25, -0.2) is 4.39 Å². The van der Waals surface area contributed by atoms with Crippen molar-refractivity contribution in [2.45, 2.75) is 6.42 Å². The van der Waals surface area contributed by atoms with Crippen molar-refractivity contribution in [3.63, 3.8) is 0 Å². The number of nitrogens with one attached hydrogen (secondary N) is 1. The zero-order valence-corrected chi connectivity index (χ0v) is 13.7. The first-order valence-electron chi connectivity index (χ1n) is 6.01. The predicted octanol–water partition coefficient (Wildman–Crippen LogP) is 4.78. The third-order valence-electron chi connectivity index (χ3n) is 2.77. The van der Waals surface area contributed by atoms with Crippen molar-refractivity contribution in [1.82, 2.24) is 0 Å². The van der Waals surface area contributed by atoms with E-state index in [-0.39, 0.29) is 5.56 Å². The Labute approximate surface area is 133 Å². The molecule has 0 atom stereocenters. The van der Waals surface area contributed by atoms with Gasteiger partial charge in [-0.3, -0.25) is 4.79 Å². The number of carbonyl (C=O) groups excluding carboxylic acids is 1. The van der Waals surface area contributed by atoms with E-state index in [0.29, 0.717) is 10.2 Å². The normalized spacial score (nSPS) is 10.3. The Morgan fingerprint density at radius 2 is 1.85 bits per heavy atom. The molecule has 0 spiro atoms. The minimum atomic E-state index is -0.548. The van der Waals surface area contributed by atoms with E-state index in [4.69, 9.17) is 0 Å². The maximum Gasteiger partial charge on any atom is 0.258 e. The lowest BCUT2D eigenvalue weighted by Gasteiger charge is -2.07. The van der Waals surface area contributed by atoms with Gasteiger partial charge in [0.05, 0.1) is 5.56 Å². The van der Waals surface area contributed by atoms with Crippen LogP contribution in [-0.2, 0) is 6.42 Å². The standard InChI is InChI=1S/C15H12Br2FNO/c16-8-7-10-1-4-12(5-2-10)19-15(20)13-6-3-11(17)9-14(13)18/h1-6,9H,7-8H2,(H,19,20). The second kappa shape index (κ2) is 6.99. The van der Waals surface area contributed by atoms with Gasteiger partial charge in [0.2, 0.25) is 0 Å². The maximum atomic E-state index is 13.7. The third-order valence-corrected chi connectivity index (χ3v) is 3.66. The third kappa shape index (κ3) is 3.90. The van der Waals surface area contributed by atoms with Crippen LogP contribution in [0.3, 0.4) is 0 Å². The van der Waals surface area contributed by atoms with Gasteiger partial charge in [-0.05, 0) is 42.3 Å². The summed E-state index contributed by atoms with van der Waals surface area (Å²) in [7, 11) is 0. The summed E-state index contributed by atoms with van der Waals surface area (Å²) in [6, 6.07) is 11.9. The predicted molar refractivity (Wildman–Crippen MR) is 86.0 cm³/mol. The van der Waals surface area contributed by atoms with E-state index in [2.05, 4.69) is 37.2 Å². The second-order valence-electron chi connectivity index (χ2n) is 4.21. The summed E-state index contributed by atoms with van der Waals surface area (Å²) in [4.78, 5) is 12.0. The largest absolute Gasteiger partial charge is 0.322 e. The fraction of sp³-hybridized carbons (Fsp3) is 0.133. The van der Waals surface area contributed by atoms with Crippen LogP contribution in [0.1, 0.15) is 15.9 Å². The van der Waals surface area contributed by atoms with Crippen LogP contribution in [0.2, 0.25) is 0 Å². The number of hydrogen-bond donors (Lipinski definition) is 1. The summed E-state index contributed by atoms with van der Waals surface area (Å²) >= 11 is 6.53. The molecule has 2 nitrogen and oxygen atoms in total. The van der Waals surface area contributed by atoms with Gasteiger partial charge in [0.25, 0.3) is 5.91 Å². The highest BCUT2D eigenvalue weighted by molar-refractivity contribution is 9.10. The zero-order chi connectivity index (χ0) is 14.5. The summed E-state index contributed by atoms with van der Waals surface area (Å²) in [5.41, 5.74) is 1.85. The summed E-state index contributed by atoms with van der Waals surface area (Å²) in [6.07, 6.45) is 0.926. The number of carbonyl (C=O) groups is 1. The van der Waals surface area contributed by atoms with Crippen molar-refractivity contribution < 1.29 is 9.18 Å². The molecule has 0 unspecified atom stereocenters. The molecule has 1 N–H and O–H groups in total. The molecule has 2 aromatic carbocycles. The molecule has 20 heavy (non-hydrogen) atoms. The van der Waals surface area contributed by atoms with Crippen molar-refractivity contribution in [2.24, 2.45) is 0 Å². The number of hydrogen-bond acceptors (Lipinski definition) is 1. The molecule has 1 amide bonds. The molecule has 2 rings (SSSR count). The number of aryl methyl sites for hydroxylation is 1. The number of rotatable bonds is 4. The molecule has 0 aromatic heterocycles. The van der Waals surface area contributed by atoms with E-state index in [1.807, 2.05) is 24.3 Å². The van der Waals surface area contributed by atoms with Crippen LogP contribution < -0.4 is 5.32 Å². The van der Waals surface area contributed by atoms with Crippen LogP contribution >= 0.6 is 31.9 Å². The molecular formula is C15H12Br2FNO. The van der Waals surface area contributed by atoms with Gasteiger partial charge in [0.15, 0.2) is 0 Å². The Bertz CT molecular complexity index is 614. The van der Waals surface area contributed by atoms with Crippen LogP contribution in [0, 0.1) is 5.82 Å². The molecule has 0 fully saturated rings. The highest BCUT2D eigenvalue weighted by Crippen LogP contribution is 2.17. The van der Waals surface area contributed by atoms with Gasteiger partial charge < -0.3 is 5.32 Å². The van der Waals surface area contributed by atoms with Gasteiger partial charge in [-0.2, -0.15) is 0 Å². The summed E-state index contributed by atoms with van der Waals surface area (Å²) in [5.74, 6) is -1.00. The first kappa shape index (κ1) is 15.2. The van der Waals surface area contributed by atoms with E-state index in [1.54, 1.807) is 6.07 Å². The number of alkyl halides is 1. The fourth-order valence-electron chi connectivity index (χ4n) is 1.74. The van der Waals surface area contributed by atoms with Crippen LogP contribution in [0.25, 0.3) is 0 Å². The smallest absolute Gasteiger partial charge is 0.258 e. The topological polar surface area (TPSA) is 29.1 Å². The Hall–Kier alpha value is -1.20. The van der Waals surface area contributed by atoms with Crippen molar-refractivity contribution in [2.75, 3.05) is 10.6 Å². The lowest BCUT2D eigenvalue weighted by atomic mass is 10.1. The Balaban J connectivity index is 2.11. The number of anilines is 1. The number of halogens is 3. The quantitative estimate of drug-likeness (QED) is 0.735. The van der Waals surface area contributed by atoms with Gasteiger partial charge in [-0.1, -0.05) is 44.0 Å². The number of benzene rings is 2. The van der Waals surface area contributed by atoms with Crippen molar-refractivity contribution in [1.29, 1.82) is 0 Å². The second-order valence-corrected chi connectivity index (χ2v) is 5.92.